The number of thioether (sulfide) groups is 2. The van der Waals surface area contributed by atoms with Crippen molar-refractivity contribution in [2.45, 2.75) is 96.1 Å². The van der Waals surface area contributed by atoms with Gasteiger partial charge < -0.3 is 4.89 Å². The van der Waals surface area contributed by atoms with Crippen LogP contribution in [0.4, 0.5) is 0 Å². The van der Waals surface area contributed by atoms with Crippen molar-refractivity contribution in [3.8, 4) is 0 Å². The van der Waals surface area contributed by atoms with Gasteiger partial charge in [-0.05, 0) is 12.8 Å². The van der Waals surface area contributed by atoms with Crippen molar-refractivity contribution in [1.29, 1.82) is 0 Å². The molecule has 0 bridgehead atoms. The molecule has 0 aliphatic heterocycles. The Balaban J connectivity index is 4.36. The first kappa shape index (κ1) is 29.1. The molecule has 0 saturated carbocycles. The Hall–Kier alpha value is 0.150. The maximum Gasteiger partial charge on any atom is 0.471 e. The molecule has 1 unspecified atom stereocenters. The van der Waals surface area contributed by atoms with Gasteiger partial charge in [0.15, 0.2) is 10.2 Å². The van der Waals surface area contributed by atoms with Crippen LogP contribution in [0.3, 0.4) is 0 Å². The number of hydrogen-bond donors (Lipinski definition) is 1. The van der Waals surface area contributed by atoms with Gasteiger partial charge in [-0.1, -0.05) is 88.7 Å². The second-order valence-corrected chi connectivity index (χ2v) is 11.1. The van der Waals surface area contributed by atoms with Crippen LogP contribution < -0.4 is 0 Å². The Labute approximate surface area is 185 Å². The van der Waals surface area contributed by atoms with Crippen LogP contribution >= 0.6 is 31.3 Å². The topological polar surface area (TPSA) is 89.9 Å². The van der Waals surface area contributed by atoms with Crippen LogP contribution in [0.25, 0.3) is 0 Å². The van der Waals surface area contributed by atoms with E-state index in [1.165, 1.54) is 31.0 Å². The lowest BCUT2D eigenvalue weighted by Gasteiger charge is -2.17. The van der Waals surface area contributed by atoms with Crippen molar-refractivity contribution in [1.82, 2.24) is 0 Å². The van der Waals surface area contributed by atoms with E-state index in [9.17, 15) is 19.0 Å². The molecule has 0 aliphatic rings. The van der Waals surface area contributed by atoms with Crippen LogP contribution in [0, 0.1) is 0 Å². The van der Waals surface area contributed by atoms with E-state index in [0.29, 0.717) is 18.6 Å². The Kier molecular flexibility index (Phi) is 19.0. The van der Waals surface area contributed by atoms with E-state index in [-0.39, 0.29) is 22.1 Å². The molecule has 0 spiro atoms. The predicted octanol–water partition coefficient (Wildman–Crippen LogP) is 6.36. The summed E-state index contributed by atoms with van der Waals surface area (Å²) in [4.78, 5) is 33.8. The summed E-state index contributed by atoms with van der Waals surface area (Å²) in [5, 5.41) is -0.228. The van der Waals surface area contributed by atoms with E-state index in [1.54, 1.807) is 0 Å². The zero-order valence-electron chi connectivity index (χ0n) is 18.2. The lowest BCUT2D eigenvalue weighted by molar-refractivity contribution is -0.112. The summed E-state index contributed by atoms with van der Waals surface area (Å²) in [6.07, 6.45) is 11.8. The van der Waals surface area contributed by atoms with Gasteiger partial charge in [-0.2, -0.15) is 0 Å². The molecule has 0 saturated heterocycles. The number of phosphoric acid groups is 1. The molecule has 1 N–H and O–H groups in total. The van der Waals surface area contributed by atoms with E-state index >= 15 is 0 Å². The van der Waals surface area contributed by atoms with E-state index < -0.39 is 7.82 Å². The summed E-state index contributed by atoms with van der Waals surface area (Å²) in [6, 6.07) is 0. The Morgan fingerprint density at radius 3 is 1.93 bits per heavy atom. The molecule has 0 aromatic rings. The molecule has 9 heteroatoms. The highest BCUT2D eigenvalue weighted by molar-refractivity contribution is 8.17. The fraction of sp³-hybridized carbons (Fsp3) is 0.900. The smallest absolute Gasteiger partial charge is 0.303 e. The molecule has 0 heterocycles. The second-order valence-electron chi connectivity index (χ2n) is 7.07. The van der Waals surface area contributed by atoms with Gasteiger partial charge in [-0.3, -0.25) is 18.6 Å². The Morgan fingerprint density at radius 1 is 0.897 bits per heavy atom. The minimum absolute atomic E-state index is 0.0351. The van der Waals surface area contributed by atoms with Crippen LogP contribution in [0.1, 0.15) is 90.9 Å². The minimum atomic E-state index is -4.10. The normalized spacial score (nSPS) is 14.5. The number of phosphoric ester groups is 1. The van der Waals surface area contributed by atoms with Crippen molar-refractivity contribution in [2.75, 3.05) is 19.5 Å². The summed E-state index contributed by atoms with van der Waals surface area (Å²) in [5.74, 6) is 0.379. The van der Waals surface area contributed by atoms with E-state index in [2.05, 4.69) is 18.4 Å². The first-order chi connectivity index (χ1) is 13.8. The van der Waals surface area contributed by atoms with E-state index in [0.717, 1.165) is 63.8 Å². The molecule has 0 radical (unpaired) electrons. The zero-order valence-corrected chi connectivity index (χ0v) is 20.8. The molecular formula is C20H39O6PS2. The average molecular weight is 471 g/mol. The van der Waals surface area contributed by atoms with Crippen LogP contribution in [-0.4, -0.2) is 39.8 Å². The highest BCUT2D eigenvalue weighted by Crippen LogP contribution is 2.42. The van der Waals surface area contributed by atoms with Crippen molar-refractivity contribution >= 4 is 41.6 Å². The molecule has 0 rings (SSSR count). The minimum Gasteiger partial charge on any atom is -0.303 e. The summed E-state index contributed by atoms with van der Waals surface area (Å²) >= 11 is 2.29. The Bertz CT molecular complexity index is 490. The average Bonchev–Trinajstić information content (AvgIpc) is 2.69. The molecule has 0 aromatic heterocycles. The number of unbranched alkanes of at least 4 members (excludes halogenated alkanes) is 8. The van der Waals surface area contributed by atoms with Crippen molar-refractivity contribution in [3.05, 3.63) is 0 Å². The van der Waals surface area contributed by atoms with E-state index in [4.69, 9.17) is 4.52 Å². The Morgan fingerprint density at radius 2 is 1.41 bits per heavy atom. The van der Waals surface area contributed by atoms with Crippen LogP contribution in [-0.2, 0) is 23.2 Å². The standard InChI is InChI=1S/C20H39O6PS2/c1-4-6-8-10-12-14-19(21)28-17-18(16-26-27(23,24)25-3)29-20(22)15-13-11-9-7-5-2/h18H,4-17H2,1-3H3,(H,23,24)/t18-/m1/s1. The van der Waals surface area contributed by atoms with Gasteiger partial charge in [-0.15, -0.1) is 0 Å². The van der Waals surface area contributed by atoms with Crippen molar-refractivity contribution in [2.24, 2.45) is 0 Å². The molecular weight excluding hydrogens is 431 g/mol. The van der Waals surface area contributed by atoms with Gasteiger partial charge in [0.25, 0.3) is 0 Å². The predicted molar refractivity (Wildman–Crippen MR) is 123 cm³/mol. The molecule has 0 fully saturated rings. The first-order valence-electron chi connectivity index (χ1n) is 10.7. The van der Waals surface area contributed by atoms with Crippen LogP contribution in [0.5, 0.6) is 0 Å². The van der Waals surface area contributed by atoms with Crippen LogP contribution in [0.15, 0.2) is 0 Å². The highest BCUT2D eigenvalue weighted by atomic mass is 32.2. The van der Waals surface area contributed by atoms with Gasteiger partial charge in [0.05, 0.1) is 6.61 Å². The highest BCUT2D eigenvalue weighted by Gasteiger charge is 2.24. The fourth-order valence-corrected chi connectivity index (χ4v) is 5.17. The molecule has 6 nitrogen and oxygen atoms in total. The largest absolute Gasteiger partial charge is 0.471 e. The van der Waals surface area contributed by atoms with Gasteiger partial charge in [-0.25, -0.2) is 4.57 Å². The molecule has 29 heavy (non-hydrogen) atoms. The maximum atomic E-state index is 12.2. The van der Waals surface area contributed by atoms with Gasteiger partial charge >= 0.3 is 7.82 Å². The second kappa shape index (κ2) is 18.9. The third kappa shape index (κ3) is 18.6. The number of carbonyl (C=O) groups excluding carboxylic acids is 2. The summed E-state index contributed by atoms with van der Waals surface area (Å²) in [6.45, 7) is 4.20. The van der Waals surface area contributed by atoms with Gasteiger partial charge in [0, 0.05) is 31.0 Å². The summed E-state index contributed by atoms with van der Waals surface area (Å²) < 4.78 is 20.9. The van der Waals surface area contributed by atoms with Gasteiger partial charge in [0.2, 0.25) is 0 Å². The fourth-order valence-electron chi connectivity index (χ4n) is 2.59. The quantitative estimate of drug-likeness (QED) is 0.172. The summed E-state index contributed by atoms with van der Waals surface area (Å²) in [5.41, 5.74) is 0. The lowest BCUT2D eigenvalue weighted by atomic mass is 10.1. The van der Waals surface area contributed by atoms with Crippen molar-refractivity contribution < 1.29 is 28.1 Å². The number of hydrogen-bond acceptors (Lipinski definition) is 7. The zero-order chi connectivity index (χ0) is 22.0. The summed E-state index contributed by atoms with van der Waals surface area (Å²) in [7, 11) is -3.00. The van der Waals surface area contributed by atoms with Gasteiger partial charge in [0.1, 0.15) is 0 Å². The van der Waals surface area contributed by atoms with Crippen LogP contribution in [0.2, 0.25) is 0 Å². The third-order valence-corrected chi connectivity index (χ3v) is 7.70. The monoisotopic (exact) mass is 470 g/mol. The molecule has 0 amide bonds. The SMILES string of the molecule is CCCCCCCC(=O)SC[C@@H](COP(=O)(O)OC)SC(=O)CCCCCCC. The maximum absolute atomic E-state index is 12.2. The molecule has 0 aliphatic carbocycles. The number of carbonyl (C=O) groups is 2. The molecule has 172 valence electrons. The molecule has 2 atom stereocenters. The van der Waals surface area contributed by atoms with E-state index in [1.807, 2.05) is 0 Å². The third-order valence-electron chi connectivity index (χ3n) is 4.35. The van der Waals surface area contributed by atoms with Crippen molar-refractivity contribution in [3.63, 3.8) is 0 Å². The first-order valence-corrected chi connectivity index (χ1v) is 14.1. The lowest BCUT2D eigenvalue weighted by Crippen LogP contribution is -2.18. The number of rotatable bonds is 19. The molecule has 0 aromatic carbocycles.